The minimum absolute atomic E-state index is 0.255. The molecule has 1 aromatic carbocycles. The molecule has 23 heavy (non-hydrogen) atoms. The molecule has 6 nitrogen and oxygen atoms in total. The highest BCUT2D eigenvalue weighted by atomic mass is 32.2. The number of thioether (sulfide) groups is 1. The predicted molar refractivity (Wildman–Crippen MR) is 88.2 cm³/mol. The van der Waals surface area contributed by atoms with E-state index < -0.39 is 23.7 Å². The molecule has 0 aliphatic carbocycles. The number of carboxylic acids is 1. The Kier molecular flexibility index (Phi) is 4.38. The van der Waals surface area contributed by atoms with Crippen molar-refractivity contribution in [2.45, 2.75) is 12.8 Å². The summed E-state index contributed by atoms with van der Waals surface area (Å²) in [6, 6.07) is 7.80. The smallest absolute Gasteiger partial charge is 0.323 e. The van der Waals surface area contributed by atoms with Gasteiger partial charge in [-0.1, -0.05) is 12.1 Å². The van der Waals surface area contributed by atoms with Crippen LogP contribution in [0.2, 0.25) is 0 Å². The summed E-state index contributed by atoms with van der Waals surface area (Å²) in [6.07, 6.45) is 4.04. The number of amides is 2. The number of hydrogen-bond donors (Lipinski definition) is 1. The first-order chi connectivity index (χ1) is 11.0. The second-order valence-electron chi connectivity index (χ2n) is 5.45. The van der Waals surface area contributed by atoms with Crippen molar-refractivity contribution >= 4 is 40.6 Å². The van der Waals surface area contributed by atoms with Crippen LogP contribution in [0.1, 0.15) is 18.4 Å². The number of benzene rings is 1. The maximum absolute atomic E-state index is 12.1. The zero-order valence-corrected chi connectivity index (χ0v) is 13.2. The van der Waals surface area contributed by atoms with Gasteiger partial charge in [-0.2, -0.15) is 0 Å². The van der Waals surface area contributed by atoms with Crippen molar-refractivity contribution in [1.82, 2.24) is 4.90 Å². The number of imide groups is 1. The molecule has 120 valence electrons. The summed E-state index contributed by atoms with van der Waals surface area (Å²) >= 11 is 0.773. The Labute approximate surface area is 137 Å². The van der Waals surface area contributed by atoms with Crippen LogP contribution in [0.15, 0.2) is 29.2 Å². The fourth-order valence-electron chi connectivity index (χ4n) is 2.68. The first-order valence-electron chi connectivity index (χ1n) is 7.37. The van der Waals surface area contributed by atoms with E-state index >= 15 is 0 Å². The normalized spacial score (nSPS) is 19.9. The number of hydrogen-bond acceptors (Lipinski definition) is 5. The maximum atomic E-state index is 12.1. The van der Waals surface area contributed by atoms with E-state index in [0.29, 0.717) is 0 Å². The third-order valence-electron chi connectivity index (χ3n) is 3.83. The molecule has 2 heterocycles. The van der Waals surface area contributed by atoms with Gasteiger partial charge in [-0.3, -0.25) is 19.3 Å². The number of rotatable bonds is 4. The van der Waals surface area contributed by atoms with Gasteiger partial charge < -0.3 is 10.0 Å². The predicted octanol–water partition coefficient (Wildman–Crippen LogP) is 2.41. The molecule has 0 aromatic heterocycles. The lowest BCUT2D eigenvalue weighted by molar-refractivity contribution is -0.140. The Morgan fingerprint density at radius 3 is 2.43 bits per heavy atom. The van der Waals surface area contributed by atoms with Crippen molar-refractivity contribution in [2.75, 3.05) is 24.5 Å². The van der Waals surface area contributed by atoms with Crippen LogP contribution in [0, 0.1) is 0 Å². The van der Waals surface area contributed by atoms with E-state index in [1.165, 1.54) is 12.8 Å². The third-order valence-corrected chi connectivity index (χ3v) is 4.74. The number of carboxylic acid groups (broad SMARTS) is 1. The minimum Gasteiger partial charge on any atom is -0.480 e. The highest BCUT2D eigenvalue weighted by Crippen LogP contribution is 2.32. The SMILES string of the molecule is O=C(O)CN1C(=O)S/C(=C/c2ccc(N3CCCC3)cc2)C1=O. The van der Waals surface area contributed by atoms with Gasteiger partial charge in [0.15, 0.2) is 0 Å². The summed E-state index contributed by atoms with van der Waals surface area (Å²) in [7, 11) is 0. The molecular weight excluding hydrogens is 316 g/mol. The van der Waals surface area contributed by atoms with Crippen molar-refractivity contribution < 1.29 is 19.5 Å². The summed E-state index contributed by atoms with van der Waals surface area (Å²) in [4.78, 5) is 37.8. The topological polar surface area (TPSA) is 77.9 Å². The van der Waals surface area contributed by atoms with Crippen LogP contribution in [-0.2, 0) is 9.59 Å². The molecule has 7 heteroatoms. The van der Waals surface area contributed by atoms with Crippen LogP contribution in [-0.4, -0.2) is 46.8 Å². The molecule has 2 aliphatic heterocycles. The van der Waals surface area contributed by atoms with Crippen molar-refractivity contribution in [3.63, 3.8) is 0 Å². The Balaban J connectivity index is 1.75. The second kappa shape index (κ2) is 6.45. The number of carbonyl (C=O) groups excluding carboxylic acids is 2. The highest BCUT2D eigenvalue weighted by Gasteiger charge is 2.36. The molecule has 2 fully saturated rings. The fourth-order valence-corrected chi connectivity index (χ4v) is 3.52. The molecule has 0 spiro atoms. The van der Waals surface area contributed by atoms with Crippen LogP contribution < -0.4 is 4.90 Å². The lowest BCUT2D eigenvalue weighted by Gasteiger charge is -2.17. The lowest BCUT2D eigenvalue weighted by Crippen LogP contribution is -2.33. The Hall–Kier alpha value is -2.28. The summed E-state index contributed by atoms with van der Waals surface area (Å²) < 4.78 is 0. The molecule has 2 amide bonds. The number of nitrogens with zero attached hydrogens (tertiary/aromatic N) is 2. The Morgan fingerprint density at radius 1 is 1.17 bits per heavy atom. The zero-order chi connectivity index (χ0) is 16.4. The average Bonchev–Trinajstić information content (AvgIpc) is 3.13. The van der Waals surface area contributed by atoms with Crippen LogP contribution in [0.5, 0.6) is 0 Å². The summed E-state index contributed by atoms with van der Waals surface area (Å²) in [5.74, 6) is -1.76. The Bertz CT molecular complexity index is 678. The van der Waals surface area contributed by atoms with Gasteiger partial charge >= 0.3 is 5.97 Å². The molecule has 0 unspecified atom stereocenters. The van der Waals surface area contributed by atoms with Gasteiger partial charge in [-0.25, -0.2) is 0 Å². The second-order valence-corrected chi connectivity index (χ2v) is 6.44. The van der Waals surface area contributed by atoms with Gasteiger partial charge in [0.05, 0.1) is 4.91 Å². The molecule has 1 N–H and O–H groups in total. The maximum Gasteiger partial charge on any atom is 0.323 e. The summed E-state index contributed by atoms with van der Waals surface area (Å²) in [5, 5.41) is 8.20. The van der Waals surface area contributed by atoms with Gasteiger partial charge in [-0.15, -0.1) is 0 Å². The van der Waals surface area contributed by atoms with Gasteiger partial charge in [0, 0.05) is 18.8 Å². The van der Waals surface area contributed by atoms with E-state index in [1.807, 2.05) is 24.3 Å². The quantitative estimate of drug-likeness (QED) is 0.853. The van der Waals surface area contributed by atoms with Crippen LogP contribution in [0.4, 0.5) is 10.5 Å². The van der Waals surface area contributed by atoms with Crippen molar-refractivity contribution in [3.05, 3.63) is 34.7 Å². The van der Waals surface area contributed by atoms with E-state index in [9.17, 15) is 14.4 Å². The molecule has 2 aliphatic rings. The number of aliphatic carboxylic acids is 1. The molecular formula is C16H16N2O4S. The first kappa shape index (κ1) is 15.6. The highest BCUT2D eigenvalue weighted by molar-refractivity contribution is 8.18. The monoisotopic (exact) mass is 332 g/mol. The Morgan fingerprint density at radius 2 is 1.83 bits per heavy atom. The van der Waals surface area contributed by atoms with E-state index in [-0.39, 0.29) is 4.91 Å². The first-order valence-corrected chi connectivity index (χ1v) is 8.18. The van der Waals surface area contributed by atoms with Crippen molar-refractivity contribution in [3.8, 4) is 0 Å². The van der Waals surface area contributed by atoms with Gasteiger partial charge in [0.25, 0.3) is 11.1 Å². The van der Waals surface area contributed by atoms with E-state index in [0.717, 1.165) is 41.0 Å². The molecule has 0 saturated carbocycles. The molecule has 0 atom stereocenters. The molecule has 1 aromatic rings. The molecule has 0 bridgehead atoms. The average molecular weight is 332 g/mol. The van der Waals surface area contributed by atoms with E-state index in [4.69, 9.17) is 5.11 Å². The standard InChI is InChI=1S/C16H16N2O4S/c19-14(20)10-18-15(21)13(23-16(18)22)9-11-3-5-12(6-4-11)17-7-1-2-8-17/h3-6,9H,1-2,7-8,10H2,(H,19,20)/b13-9+. The molecule has 3 rings (SSSR count). The lowest BCUT2D eigenvalue weighted by atomic mass is 10.2. The zero-order valence-electron chi connectivity index (χ0n) is 12.4. The van der Waals surface area contributed by atoms with Crippen LogP contribution >= 0.6 is 11.8 Å². The van der Waals surface area contributed by atoms with E-state index in [2.05, 4.69) is 4.90 Å². The van der Waals surface area contributed by atoms with E-state index in [1.54, 1.807) is 6.08 Å². The largest absolute Gasteiger partial charge is 0.480 e. The van der Waals surface area contributed by atoms with Crippen LogP contribution in [0.3, 0.4) is 0 Å². The molecule has 0 radical (unpaired) electrons. The number of carbonyl (C=O) groups is 3. The van der Waals surface area contributed by atoms with Gasteiger partial charge in [0.2, 0.25) is 0 Å². The fraction of sp³-hybridized carbons (Fsp3) is 0.312. The number of anilines is 1. The van der Waals surface area contributed by atoms with Crippen molar-refractivity contribution in [2.24, 2.45) is 0 Å². The molecule has 2 saturated heterocycles. The van der Waals surface area contributed by atoms with Gasteiger partial charge in [0.1, 0.15) is 6.54 Å². The van der Waals surface area contributed by atoms with Crippen molar-refractivity contribution in [1.29, 1.82) is 0 Å². The third kappa shape index (κ3) is 3.39. The summed E-state index contributed by atoms with van der Waals surface area (Å²) in [5.41, 5.74) is 1.97. The minimum atomic E-state index is -1.21. The summed E-state index contributed by atoms with van der Waals surface area (Å²) in [6.45, 7) is 1.52. The van der Waals surface area contributed by atoms with Crippen LogP contribution in [0.25, 0.3) is 6.08 Å². The van der Waals surface area contributed by atoms with Gasteiger partial charge in [-0.05, 0) is 48.4 Å².